The third kappa shape index (κ3) is 4.83. The molecule has 3 aromatic carbocycles. The van der Waals surface area contributed by atoms with Crippen LogP contribution in [0.5, 0.6) is 5.75 Å². The molecule has 0 saturated heterocycles. The maximum atomic E-state index is 13.0. The van der Waals surface area contributed by atoms with Crippen LogP contribution in [0.3, 0.4) is 0 Å². The average molecular weight is 372 g/mol. The second-order valence-electron chi connectivity index (χ2n) is 6.02. The Morgan fingerprint density at radius 1 is 1.04 bits per heavy atom. The molecule has 0 aliphatic rings. The molecular formula is C23H15FNO3-. The van der Waals surface area contributed by atoms with Crippen LogP contribution >= 0.6 is 0 Å². The lowest BCUT2D eigenvalue weighted by Crippen LogP contribution is -2.22. The minimum Gasteiger partial charge on any atom is -0.545 e. The number of rotatable bonds is 6. The summed E-state index contributed by atoms with van der Waals surface area (Å²) in [7, 11) is 0. The van der Waals surface area contributed by atoms with Gasteiger partial charge in [-0.05, 0) is 58.7 Å². The Morgan fingerprint density at radius 2 is 1.75 bits per heavy atom. The lowest BCUT2D eigenvalue weighted by atomic mass is 10.0. The monoisotopic (exact) mass is 372 g/mol. The minimum absolute atomic E-state index is 0.103. The fourth-order valence-corrected chi connectivity index (χ4v) is 2.59. The Labute approximate surface area is 161 Å². The topological polar surface area (TPSA) is 73.1 Å². The SMILES string of the molecule is N#C/C(=C/c1ccc(OCc2cccc(C(=O)[O-])c2)cc1)c1ccc(F)cc1. The van der Waals surface area contributed by atoms with Gasteiger partial charge < -0.3 is 14.6 Å². The zero-order chi connectivity index (χ0) is 19.9. The van der Waals surface area contributed by atoms with Crippen molar-refractivity contribution in [3.8, 4) is 11.8 Å². The molecule has 0 amide bonds. The molecule has 0 atom stereocenters. The molecule has 0 aromatic heterocycles. The van der Waals surface area contributed by atoms with E-state index in [0.29, 0.717) is 22.4 Å². The third-order valence-electron chi connectivity index (χ3n) is 4.03. The van der Waals surface area contributed by atoms with Gasteiger partial charge in [-0.1, -0.05) is 42.5 Å². The molecule has 0 heterocycles. The van der Waals surface area contributed by atoms with Crippen LogP contribution in [0.15, 0.2) is 72.8 Å². The smallest absolute Gasteiger partial charge is 0.123 e. The van der Waals surface area contributed by atoms with Gasteiger partial charge in [-0.15, -0.1) is 0 Å². The summed E-state index contributed by atoms with van der Waals surface area (Å²) >= 11 is 0. The molecule has 0 fully saturated rings. The van der Waals surface area contributed by atoms with E-state index in [9.17, 15) is 19.6 Å². The first-order valence-electron chi connectivity index (χ1n) is 8.46. The molecular weight excluding hydrogens is 357 g/mol. The van der Waals surface area contributed by atoms with Crippen molar-refractivity contribution in [2.24, 2.45) is 0 Å². The highest BCUT2D eigenvalue weighted by Crippen LogP contribution is 2.20. The predicted octanol–water partition coefficient (Wildman–Crippen LogP) is 3.83. The summed E-state index contributed by atoms with van der Waals surface area (Å²) in [5, 5.41) is 20.3. The fraction of sp³-hybridized carbons (Fsp3) is 0.0435. The molecule has 0 unspecified atom stereocenters. The summed E-state index contributed by atoms with van der Waals surface area (Å²) < 4.78 is 18.7. The van der Waals surface area contributed by atoms with Crippen molar-refractivity contribution in [3.63, 3.8) is 0 Å². The van der Waals surface area contributed by atoms with Gasteiger partial charge >= 0.3 is 0 Å². The standard InChI is InChI=1S/C23H16FNO3/c24-21-8-6-18(7-9-21)20(14-25)12-16-4-10-22(11-5-16)28-15-17-2-1-3-19(13-17)23(26)27/h1-13H,15H2,(H,26,27)/p-1/b20-12-. The molecule has 138 valence electrons. The maximum Gasteiger partial charge on any atom is 0.123 e. The summed E-state index contributed by atoms with van der Waals surface area (Å²) in [5.41, 5.74) is 2.68. The van der Waals surface area contributed by atoms with E-state index in [-0.39, 0.29) is 18.0 Å². The van der Waals surface area contributed by atoms with E-state index in [1.165, 1.54) is 24.3 Å². The highest BCUT2D eigenvalue weighted by atomic mass is 19.1. The molecule has 4 nitrogen and oxygen atoms in total. The van der Waals surface area contributed by atoms with Crippen molar-refractivity contribution < 1.29 is 19.0 Å². The van der Waals surface area contributed by atoms with Crippen LogP contribution < -0.4 is 9.84 Å². The number of carboxylic acid groups (broad SMARTS) is 1. The maximum absolute atomic E-state index is 13.0. The first-order chi connectivity index (χ1) is 13.5. The number of allylic oxidation sites excluding steroid dienone is 1. The van der Waals surface area contributed by atoms with E-state index in [1.807, 2.05) is 0 Å². The zero-order valence-electron chi connectivity index (χ0n) is 14.8. The number of hydrogen-bond donors (Lipinski definition) is 0. The highest BCUT2D eigenvalue weighted by Gasteiger charge is 2.03. The largest absolute Gasteiger partial charge is 0.545 e. The number of nitriles is 1. The van der Waals surface area contributed by atoms with Crippen molar-refractivity contribution in [2.45, 2.75) is 6.61 Å². The van der Waals surface area contributed by atoms with E-state index in [4.69, 9.17) is 4.74 Å². The number of halogens is 1. The van der Waals surface area contributed by atoms with Crippen LogP contribution in [0.25, 0.3) is 11.6 Å². The van der Waals surface area contributed by atoms with Crippen LogP contribution in [0, 0.1) is 17.1 Å². The number of hydrogen-bond acceptors (Lipinski definition) is 4. The number of ether oxygens (including phenoxy) is 1. The predicted molar refractivity (Wildman–Crippen MR) is 101 cm³/mol. The number of carboxylic acids is 1. The van der Waals surface area contributed by atoms with Crippen molar-refractivity contribution in [1.82, 2.24) is 0 Å². The van der Waals surface area contributed by atoms with Gasteiger partial charge in [0, 0.05) is 0 Å². The van der Waals surface area contributed by atoms with Gasteiger partial charge in [0.2, 0.25) is 0 Å². The molecule has 3 rings (SSSR count). The third-order valence-corrected chi connectivity index (χ3v) is 4.03. The molecule has 0 spiro atoms. The highest BCUT2D eigenvalue weighted by molar-refractivity contribution is 5.89. The number of aromatic carboxylic acids is 1. The minimum atomic E-state index is -1.23. The molecule has 0 aliphatic carbocycles. The summed E-state index contributed by atoms with van der Waals surface area (Å²) in [4.78, 5) is 10.9. The fourth-order valence-electron chi connectivity index (χ4n) is 2.59. The first-order valence-corrected chi connectivity index (χ1v) is 8.46. The molecule has 5 heteroatoms. The van der Waals surface area contributed by atoms with E-state index >= 15 is 0 Å². The summed E-state index contributed by atoms with van der Waals surface area (Å²) in [5.74, 6) is -0.976. The van der Waals surface area contributed by atoms with Gasteiger partial charge in [0.15, 0.2) is 0 Å². The van der Waals surface area contributed by atoms with Crippen LogP contribution in [-0.2, 0) is 6.61 Å². The second kappa shape index (κ2) is 8.65. The van der Waals surface area contributed by atoms with Crippen molar-refractivity contribution in [3.05, 3.63) is 101 Å². The first kappa shape index (κ1) is 18.9. The van der Waals surface area contributed by atoms with Gasteiger partial charge in [0.1, 0.15) is 18.2 Å². The summed E-state index contributed by atoms with van der Waals surface area (Å²) in [6.07, 6.45) is 1.71. The number of carbonyl (C=O) groups is 1. The lowest BCUT2D eigenvalue weighted by Gasteiger charge is -2.09. The Hall–Kier alpha value is -3.91. The number of benzene rings is 3. The van der Waals surface area contributed by atoms with Crippen LogP contribution in [0.1, 0.15) is 27.0 Å². The zero-order valence-corrected chi connectivity index (χ0v) is 14.8. The van der Waals surface area contributed by atoms with Gasteiger partial charge in [0.25, 0.3) is 0 Å². The molecule has 0 saturated carbocycles. The van der Waals surface area contributed by atoms with Crippen molar-refractivity contribution in [2.75, 3.05) is 0 Å². The quantitative estimate of drug-likeness (QED) is 0.487. The van der Waals surface area contributed by atoms with Crippen molar-refractivity contribution >= 4 is 17.6 Å². The molecule has 3 aromatic rings. The van der Waals surface area contributed by atoms with Gasteiger partial charge in [-0.2, -0.15) is 5.26 Å². The van der Waals surface area contributed by atoms with E-state index in [1.54, 1.807) is 54.6 Å². The van der Waals surface area contributed by atoms with E-state index in [0.717, 1.165) is 5.56 Å². The Morgan fingerprint density at radius 3 is 2.39 bits per heavy atom. The van der Waals surface area contributed by atoms with Crippen LogP contribution in [0.4, 0.5) is 4.39 Å². The van der Waals surface area contributed by atoms with Crippen LogP contribution in [0.2, 0.25) is 0 Å². The van der Waals surface area contributed by atoms with E-state index in [2.05, 4.69) is 6.07 Å². The summed E-state index contributed by atoms with van der Waals surface area (Å²) in [6, 6.07) is 21.4. The Kier molecular flexibility index (Phi) is 5.83. The van der Waals surface area contributed by atoms with Crippen molar-refractivity contribution in [1.29, 1.82) is 5.26 Å². The van der Waals surface area contributed by atoms with Gasteiger partial charge in [-0.25, -0.2) is 4.39 Å². The lowest BCUT2D eigenvalue weighted by molar-refractivity contribution is -0.255. The van der Waals surface area contributed by atoms with Gasteiger partial charge in [0.05, 0.1) is 17.6 Å². The van der Waals surface area contributed by atoms with Gasteiger partial charge in [-0.3, -0.25) is 0 Å². The number of nitrogens with zero attached hydrogens (tertiary/aromatic N) is 1. The summed E-state index contributed by atoms with van der Waals surface area (Å²) in [6.45, 7) is 0.218. The van der Waals surface area contributed by atoms with Crippen LogP contribution in [-0.4, -0.2) is 5.97 Å². The number of carbonyl (C=O) groups excluding carboxylic acids is 1. The normalized spacial score (nSPS) is 10.9. The van der Waals surface area contributed by atoms with E-state index < -0.39 is 5.97 Å². The Bertz CT molecular complexity index is 1050. The molecule has 0 aliphatic heterocycles. The molecule has 0 radical (unpaired) electrons. The Balaban J connectivity index is 1.69. The average Bonchev–Trinajstić information content (AvgIpc) is 2.72. The molecule has 0 N–H and O–H groups in total. The molecule has 28 heavy (non-hydrogen) atoms. The molecule has 0 bridgehead atoms. The second-order valence-corrected chi connectivity index (χ2v) is 6.02.